The topological polar surface area (TPSA) is 38.8 Å². The quantitative estimate of drug-likeness (QED) is 0.578. The molecule has 1 heterocycles. The van der Waals surface area contributed by atoms with Gasteiger partial charge >= 0.3 is 6.09 Å². The molecular weight excluding hydrogens is 266 g/mol. The monoisotopic (exact) mass is 295 g/mol. The summed E-state index contributed by atoms with van der Waals surface area (Å²) in [6.07, 6.45) is 9.38. The average molecular weight is 295 g/mol. The summed E-state index contributed by atoms with van der Waals surface area (Å²) in [4.78, 5) is 14.0. The lowest BCUT2D eigenvalue weighted by Crippen LogP contribution is -2.37. The van der Waals surface area contributed by atoms with Crippen LogP contribution in [0.4, 0.5) is 4.79 Å². The van der Waals surface area contributed by atoms with Crippen molar-refractivity contribution in [2.45, 2.75) is 52.1 Å². The van der Waals surface area contributed by atoms with Gasteiger partial charge in [-0.25, -0.2) is 4.79 Å². The molecule has 0 radical (unpaired) electrons. The lowest BCUT2D eigenvalue weighted by atomic mass is 9.78. The van der Waals surface area contributed by atoms with Crippen LogP contribution in [0.5, 0.6) is 0 Å². The number of hydrogen-bond acceptors (Lipinski definition) is 3. The Kier molecular flexibility index (Phi) is 6.31. The first-order valence-electron chi connectivity index (χ1n) is 7.61. The van der Waals surface area contributed by atoms with E-state index in [0.29, 0.717) is 6.54 Å². The normalized spacial score (nSPS) is 23.7. The highest BCUT2D eigenvalue weighted by Gasteiger charge is 2.32. The molecule has 0 aromatic rings. The lowest BCUT2D eigenvalue weighted by molar-refractivity contribution is 0.0253. The highest BCUT2D eigenvalue weighted by atomic mass is 16.6. The van der Waals surface area contributed by atoms with Crippen molar-refractivity contribution < 1.29 is 14.3 Å². The number of methoxy groups -OCH3 is 1. The third-order valence-corrected chi connectivity index (χ3v) is 3.74. The largest absolute Gasteiger partial charge is 0.505 e. The molecule has 1 aliphatic heterocycles. The smallest absolute Gasteiger partial charge is 0.410 e. The van der Waals surface area contributed by atoms with E-state index in [1.807, 2.05) is 31.7 Å². The Balaban J connectivity index is 2.72. The zero-order chi connectivity index (χ0) is 15.9. The second-order valence-electron chi connectivity index (χ2n) is 6.71. The number of ether oxygens (including phenoxy) is 2. The predicted molar refractivity (Wildman–Crippen MR) is 85.1 cm³/mol. The Hall–Kier alpha value is -1.45. The van der Waals surface area contributed by atoms with Gasteiger partial charge in [0.2, 0.25) is 0 Å². The summed E-state index contributed by atoms with van der Waals surface area (Å²) < 4.78 is 10.5. The minimum Gasteiger partial charge on any atom is -0.505 e. The van der Waals surface area contributed by atoms with Crippen molar-refractivity contribution in [3.05, 3.63) is 25.0 Å². The van der Waals surface area contributed by atoms with Crippen molar-refractivity contribution >= 4 is 6.09 Å². The average Bonchev–Trinajstić information content (AvgIpc) is 2.58. The number of hydrogen-bond donors (Lipinski definition) is 0. The van der Waals surface area contributed by atoms with Crippen LogP contribution >= 0.6 is 0 Å². The molecule has 1 atom stereocenters. The molecule has 0 aliphatic carbocycles. The van der Waals surface area contributed by atoms with E-state index in [4.69, 9.17) is 9.47 Å². The van der Waals surface area contributed by atoms with Crippen LogP contribution in [0.3, 0.4) is 0 Å². The summed E-state index contributed by atoms with van der Waals surface area (Å²) in [5.74, 6) is 0. The number of rotatable bonds is 4. The van der Waals surface area contributed by atoms with Gasteiger partial charge in [-0.2, -0.15) is 0 Å². The van der Waals surface area contributed by atoms with Crippen molar-refractivity contribution in [1.82, 2.24) is 4.90 Å². The van der Waals surface area contributed by atoms with Gasteiger partial charge in [-0.3, -0.25) is 0 Å². The SMILES string of the molecule is C=CCC1(/C=C/OC)CCCN(C(=O)OC(C)(C)C)CC1. The van der Waals surface area contributed by atoms with Crippen LogP contribution in [-0.4, -0.2) is 36.8 Å². The van der Waals surface area contributed by atoms with Crippen LogP contribution < -0.4 is 0 Å². The third-order valence-electron chi connectivity index (χ3n) is 3.74. The number of amides is 1. The summed E-state index contributed by atoms with van der Waals surface area (Å²) in [7, 11) is 1.65. The molecule has 0 saturated carbocycles. The summed E-state index contributed by atoms with van der Waals surface area (Å²) in [6, 6.07) is 0. The van der Waals surface area contributed by atoms with E-state index in [0.717, 1.165) is 32.2 Å². The molecule has 1 aliphatic rings. The van der Waals surface area contributed by atoms with Gasteiger partial charge in [0.15, 0.2) is 0 Å². The number of carbonyl (C=O) groups is 1. The molecule has 1 saturated heterocycles. The third kappa shape index (κ3) is 5.82. The summed E-state index contributed by atoms with van der Waals surface area (Å²) in [6.45, 7) is 11.0. The number of allylic oxidation sites excluding steroid dienone is 2. The number of nitrogens with zero attached hydrogens (tertiary/aromatic N) is 1. The van der Waals surface area contributed by atoms with Crippen molar-refractivity contribution in [3.8, 4) is 0 Å². The lowest BCUT2D eigenvalue weighted by Gasteiger charge is -2.29. The second-order valence-corrected chi connectivity index (χ2v) is 6.71. The van der Waals surface area contributed by atoms with E-state index in [1.54, 1.807) is 13.4 Å². The molecule has 120 valence electrons. The first-order chi connectivity index (χ1) is 9.82. The second kappa shape index (κ2) is 7.53. The predicted octanol–water partition coefficient (Wildman–Crippen LogP) is 4.13. The molecule has 0 N–H and O–H groups in total. The van der Waals surface area contributed by atoms with E-state index < -0.39 is 5.60 Å². The van der Waals surface area contributed by atoms with E-state index in [1.165, 1.54) is 0 Å². The molecular formula is C17H29NO3. The Bertz CT molecular complexity index is 384. The minimum absolute atomic E-state index is 0.0362. The maximum absolute atomic E-state index is 12.2. The molecule has 0 spiro atoms. The first-order valence-corrected chi connectivity index (χ1v) is 7.61. The molecule has 1 fully saturated rings. The van der Waals surface area contributed by atoms with Crippen molar-refractivity contribution in [2.24, 2.45) is 5.41 Å². The molecule has 0 bridgehead atoms. The van der Waals surface area contributed by atoms with Crippen LogP contribution in [0, 0.1) is 5.41 Å². The fraction of sp³-hybridized carbons (Fsp3) is 0.706. The van der Waals surface area contributed by atoms with Gasteiger partial charge in [0, 0.05) is 13.1 Å². The molecule has 1 unspecified atom stereocenters. The van der Waals surface area contributed by atoms with Crippen molar-refractivity contribution in [2.75, 3.05) is 20.2 Å². The molecule has 1 rings (SSSR count). The highest BCUT2D eigenvalue weighted by Crippen LogP contribution is 2.37. The fourth-order valence-electron chi connectivity index (χ4n) is 2.66. The summed E-state index contributed by atoms with van der Waals surface area (Å²) in [5, 5.41) is 0. The maximum Gasteiger partial charge on any atom is 0.410 e. The first kappa shape index (κ1) is 17.6. The van der Waals surface area contributed by atoms with Crippen molar-refractivity contribution in [1.29, 1.82) is 0 Å². The van der Waals surface area contributed by atoms with E-state index in [-0.39, 0.29) is 11.5 Å². The van der Waals surface area contributed by atoms with E-state index in [9.17, 15) is 4.79 Å². The molecule has 0 aromatic heterocycles. The van der Waals surface area contributed by atoms with Gasteiger partial charge in [0.1, 0.15) is 5.60 Å². The van der Waals surface area contributed by atoms with E-state index in [2.05, 4.69) is 12.7 Å². The fourth-order valence-corrected chi connectivity index (χ4v) is 2.66. The van der Waals surface area contributed by atoms with Gasteiger partial charge < -0.3 is 14.4 Å². The number of likely N-dealkylation sites (tertiary alicyclic amines) is 1. The van der Waals surface area contributed by atoms with Gasteiger partial charge in [-0.05, 0) is 57.9 Å². The van der Waals surface area contributed by atoms with Crippen molar-refractivity contribution in [3.63, 3.8) is 0 Å². The van der Waals surface area contributed by atoms with Crippen LogP contribution in [0.15, 0.2) is 25.0 Å². The number of carbonyl (C=O) groups excluding carboxylic acids is 1. The van der Waals surface area contributed by atoms with E-state index >= 15 is 0 Å². The molecule has 1 amide bonds. The Morgan fingerprint density at radius 2 is 2.05 bits per heavy atom. The Morgan fingerprint density at radius 1 is 1.33 bits per heavy atom. The van der Waals surface area contributed by atoms with Crippen LogP contribution in [-0.2, 0) is 9.47 Å². The zero-order valence-electron chi connectivity index (χ0n) is 13.9. The summed E-state index contributed by atoms with van der Waals surface area (Å²) in [5.41, 5.74) is -0.411. The van der Waals surface area contributed by atoms with Gasteiger partial charge in [0.25, 0.3) is 0 Å². The molecule has 0 aromatic carbocycles. The molecule has 21 heavy (non-hydrogen) atoms. The Morgan fingerprint density at radius 3 is 2.62 bits per heavy atom. The van der Waals surface area contributed by atoms with Crippen LogP contribution in [0.25, 0.3) is 0 Å². The van der Waals surface area contributed by atoms with Crippen LogP contribution in [0.2, 0.25) is 0 Å². The van der Waals surface area contributed by atoms with Crippen LogP contribution in [0.1, 0.15) is 46.5 Å². The molecule has 4 heteroatoms. The molecule has 4 nitrogen and oxygen atoms in total. The van der Waals surface area contributed by atoms with Gasteiger partial charge in [-0.15, -0.1) is 6.58 Å². The van der Waals surface area contributed by atoms with Gasteiger partial charge in [-0.1, -0.05) is 6.08 Å². The standard InChI is InChI=1S/C17H29NO3/c1-6-8-17(11-14-20-5)9-7-12-18(13-10-17)15(19)21-16(2,3)4/h6,11,14H,1,7-10,12-13H2,2-5H3/b14-11+. The Labute approximate surface area is 128 Å². The maximum atomic E-state index is 12.2. The minimum atomic E-state index is -0.447. The zero-order valence-corrected chi connectivity index (χ0v) is 13.9. The van der Waals surface area contributed by atoms with Gasteiger partial charge in [0.05, 0.1) is 13.4 Å². The summed E-state index contributed by atoms with van der Waals surface area (Å²) >= 11 is 0. The highest BCUT2D eigenvalue weighted by molar-refractivity contribution is 5.68.